The zero-order chi connectivity index (χ0) is 14.4. The van der Waals surface area contributed by atoms with Crippen molar-refractivity contribution >= 4 is 5.96 Å². The normalized spacial score (nSPS) is 17.6. The molecule has 1 fully saturated rings. The SMILES string of the molecule is CN=C(NCC(c1ccccc1)C(C)C)N1CCCC1. The first-order valence-corrected chi connectivity index (χ1v) is 7.73. The number of guanidine groups is 1. The molecule has 0 amide bonds. The van der Waals surface area contributed by atoms with Crippen LogP contribution >= 0.6 is 0 Å². The highest BCUT2D eigenvalue weighted by molar-refractivity contribution is 5.80. The Morgan fingerprint density at radius 3 is 2.40 bits per heavy atom. The summed E-state index contributed by atoms with van der Waals surface area (Å²) >= 11 is 0. The second kappa shape index (κ2) is 7.32. The molecule has 2 rings (SSSR count). The van der Waals surface area contributed by atoms with E-state index in [2.05, 4.69) is 59.4 Å². The molecule has 1 atom stereocenters. The van der Waals surface area contributed by atoms with Crippen LogP contribution in [0.2, 0.25) is 0 Å². The summed E-state index contributed by atoms with van der Waals surface area (Å²) in [6.07, 6.45) is 2.57. The van der Waals surface area contributed by atoms with Gasteiger partial charge in [0.2, 0.25) is 0 Å². The number of likely N-dealkylation sites (tertiary alicyclic amines) is 1. The third kappa shape index (κ3) is 3.75. The zero-order valence-electron chi connectivity index (χ0n) is 13.0. The summed E-state index contributed by atoms with van der Waals surface area (Å²) in [5, 5.41) is 3.57. The van der Waals surface area contributed by atoms with E-state index in [0.29, 0.717) is 11.8 Å². The molecule has 1 N–H and O–H groups in total. The van der Waals surface area contributed by atoms with Crippen molar-refractivity contribution in [2.75, 3.05) is 26.7 Å². The number of benzene rings is 1. The molecule has 110 valence electrons. The molecule has 3 heteroatoms. The number of nitrogens with one attached hydrogen (secondary N) is 1. The van der Waals surface area contributed by atoms with E-state index < -0.39 is 0 Å². The van der Waals surface area contributed by atoms with Crippen LogP contribution in [0.5, 0.6) is 0 Å². The van der Waals surface area contributed by atoms with E-state index in [9.17, 15) is 0 Å². The maximum absolute atomic E-state index is 4.43. The highest BCUT2D eigenvalue weighted by Gasteiger charge is 2.19. The molecule has 1 aromatic carbocycles. The van der Waals surface area contributed by atoms with E-state index in [-0.39, 0.29) is 0 Å². The van der Waals surface area contributed by atoms with Gasteiger partial charge in [0.25, 0.3) is 0 Å². The van der Waals surface area contributed by atoms with Gasteiger partial charge in [-0.05, 0) is 24.3 Å². The average Bonchev–Trinajstić information content (AvgIpc) is 2.98. The minimum absolute atomic E-state index is 0.524. The Labute approximate surface area is 123 Å². The van der Waals surface area contributed by atoms with Crippen LogP contribution in [0.1, 0.15) is 38.2 Å². The van der Waals surface area contributed by atoms with Crippen LogP contribution in [-0.2, 0) is 0 Å². The second-order valence-electron chi connectivity index (χ2n) is 5.88. The molecule has 0 radical (unpaired) electrons. The Morgan fingerprint density at radius 2 is 1.85 bits per heavy atom. The molecule has 0 aliphatic carbocycles. The third-order valence-corrected chi connectivity index (χ3v) is 4.13. The monoisotopic (exact) mass is 273 g/mol. The van der Waals surface area contributed by atoms with Gasteiger partial charge in [-0.2, -0.15) is 0 Å². The molecule has 0 spiro atoms. The smallest absolute Gasteiger partial charge is 0.193 e. The largest absolute Gasteiger partial charge is 0.356 e. The van der Waals surface area contributed by atoms with Crippen molar-refractivity contribution in [3.63, 3.8) is 0 Å². The lowest BCUT2D eigenvalue weighted by Crippen LogP contribution is -2.41. The maximum Gasteiger partial charge on any atom is 0.193 e. The van der Waals surface area contributed by atoms with Gasteiger partial charge in [0, 0.05) is 32.6 Å². The fraction of sp³-hybridized carbons (Fsp3) is 0.588. The lowest BCUT2D eigenvalue weighted by atomic mass is 9.88. The van der Waals surface area contributed by atoms with Gasteiger partial charge < -0.3 is 10.2 Å². The molecule has 0 aromatic heterocycles. The number of hydrogen-bond acceptors (Lipinski definition) is 1. The Balaban J connectivity index is 1.98. The Morgan fingerprint density at radius 1 is 1.20 bits per heavy atom. The van der Waals surface area contributed by atoms with E-state index in [1.807, 2.05) is 7.05 Å². The quantitative estimate of drug-likeness (QED) is 0.674. The van der Waals surface area contributed by atoms with Gasteiger partial charge >= 0.3 is 0 Å². The molecule has 1 aromatic rings. The van der Waals surface area contributed by atoms with Crippen LogP contribution in [0, 0.1) is 5.92 Å². The van der Waals surface area contributed by atoms with Crippen LogP contribution in [-0.4, -0.2) is 37.5 Å². The van der Waals surface area contributed by atoms with Crippen molar-refractivity contribution in [3.8, 4) is 0 Å². The summed E-state index contributed by atoms with van der Waals surface area (Å²) in [6.45, 7) is 7.80. The molecular formula is C17H27N3. The first-order valence-electron chi connectivity index (χ1n) is 7.73. The second-order valence-corrected chi connectivity index (χ2v) is 5.88. The van der Waals surface area contributed by atoms with E-state index >= 15 is 0 Å². The third-order valence-electron chi connectivity index (χ3n) is 4.13. The fourth-order valence-corrected chi connectivity index (χ4v) is 2.90. The first-order chi connectivity index (χ1) is 9.72. The molecule has 0 bridgehead atoms. The Hall–Kier alpha value is -1.51. The summed E-state index contributed by atoms with van der Waals surface area (Å²) < 4.78 is 0. The van der Waals surface area contributed by atoms with E-state index in [0.717, 1.165) is 25.6 Å². The summed E-state index contributed by atoms with van der Waals surface area (Å²) in [7, 11) is 1.88. The van der Waals surface area contributed by atoms with Gasteiger partial charge in [0.15, 0.2) is 5.96 Å². The lowest BCUT2D eigenvalue weighted by Gasteiger charge is -2.26. The fourth-order valence-electron chi connectivity index (χ4n) is 2.90. The summed E-state index contributed by atoms with van der Waals surface area (Å²) in [5.41, 5.74) is 1.41. The molecule has 1 heterocycles. The van der Waals surface area contributed by atoms with Gasteiger partial charge in [-0.1, -0.05) is 44.2 Å². The van der Waals surface area contributed by atoms with Gasteiger partial charge in [-0.25, -0.2) is 0 Å². The van der Waals surface area contributed by atoms with Gasteiger partial charge in [-0.3, -0.25) is 4.99 Å². The molecule has 20 heavy (non-hydrogen) atoms. The standard InChI is InChI=1S/C17H27N3/c1-14(2)16(15-9-5-4-6-10-15)13-19-17(18-3)20-11-7-8-12-20/h4-6,9-10,14,16H,7-8,11-13H2,1-3H3,(H,18,19). The van der Waals surface area contributed by atoms with E-state index in [4.69, 9.17) is 0 Å². The van der Waals surface area contributed by atoms with Crippen LogP contribution in [0.25, 0.3) is 0 Å². The topological polar surface area (TPSA) is 27.6 Å². The first kappa shape index (κ1) is 14.9. The van der Waals surface area contributed by atoms with Crippen LogP contribution in [0.4, 0.5) is 0 Å². The maximum atomic E-state index is 4.43. The minimum Gasteiger partial charge on any atom is -0.356 e. The average molecular weight is 273 g/mol. The van der Waals surface area contributed by atoms with Crippen LogP contribution in [0.15, 0.2) is 35.3 Å². The molecule has 0 saturated carbocycles. The minimum atomic E-state index is 0.524. The molecule has 1 unspecified atom stereocenters. The van der Waals surface area contributed by atoms with Crippen molar-refractivity contribution in [2.45, 2.75) is 32.6 Å². The molecule has 3 nitrogen and oxygen atoms in total. The number of hydrogen-bond donors (Lipinski definition) is 1. The summed E-state index contributed by atoms with van der Waals surface area (Å²) in [6, 6.07) is 10.8. The van der Waals surface area contributed by atoms with Crippen LogP contribution in [0.3, 0.4) is 0 Å². The van der Waals surface area contributed by atoms with Crippen molar-refractivity contribution in [1.82, 2.24) is 10.2 Å². The molecule has 1 aliphatic rings. The highest BCUT2D eigenvalue weighted by atomic mass is 15.3. The zero-order valence-corrected chi connectivity index (χ0v) is 13.0. The molecule has 1 aliphatic heterocycles. The summed E-state index contributed by atoms with van der Waals surface area (Å²) in [4.78, 5) is 6.79. The molecule has 1 saturated heterocycles. The van der Waals surface area contributed by atoms with Crippen molar-refractivity contribution in [3.05, 3.63) is 35.9 Å². The van der Waals surface area contributed by atoms with E-state index in [1.54, 1.807) is 0 Å². The predicted octanol–water partition coefficient (Wildman–Crippen LogP) is 3.10. The lowest BCUT2D eigenvalue weighted by molar-refractivity contribution is 0.456. The van der Waals surface area contributed by atoms with Crippen LogP contribution < -0.4 is 5.32 Å². The van der Waals surface area contributed by atoms with Gasteiger partial charge in [-0.15, -0.1) is 0 Å². The predicted molar refractivity (Wildman–Crippen MR) is 86.2 cm³/mol. The summed E-state index contributed by atoms with van der Waals surface area (Å²) in [5.74, 6) is 2.20. The van der Waals surface area contributed by atoms with E-state index in [1.165, 1.54) is 18.4 Å². The number of nitrogens with zero attached hydrogens (tertiary/aromatic N) is 2. The number of rotatable bonds is 4. The van der Waals surface area contributed by atoms with Crippen molar-refractivity contribution in [1.29, 1.82) is 0 Å². The van der Waals surface area contributed by atoms with Gasteiger partial charge in [0.1, 0.15) is 0 Å². The molecular weight excluding hydrogens is 246 g/mol. The Bertz CT molecular complexity index is 419. The highest BCUT2D eigenvalue weighted by Crippen LogP contribution is 2.23. The number of aliphatic imine (C=N–C) groups is 1. The van der Waals surface area contributed by atoms with Crippen molar-refractivity contribution < 1.29 is 0 Å². The van der Waals surface area contributed by atoms with Crippen molar-refractivity contribution in [2.24, 2.45) is 10.9 Å². The van der Waals surface area contributed by atoms with Gasteiger partial charge in [0.05, 0.1) is 0 Å². The Kier molecular flexibility index (Phi) is 5.45.